The predicted molar refractivity (Wildman–Crippen MR) is 180 cm³/mol. The third kappa shape index (κ3) is 4.78. The van der Waals surface area contributed by atoms with Crippen LogP contribution >= 0.6 is 11.3 Å². The molecule has 0 radical (unpaired) electrons. The van der Waals surface area contributed by atoms with Gasteiger partial charge in [-0.25, -0.2) is 0 Å². The van der Waals surface area contributed by atoms with Crippen molar-refractivity contribution in [3.05, 3.63) is 107 Å². The lowest BCUT2D eigenvalue weighted by Gasteiger charge is -2.28. The minimum atomic E-state index is -0.0237. The number of thiophene rings is 1. The van der Waals surface area contributed by atoms with E-state index < -0.39 is 0 Å². The number of aliphatic imine (C=N–C) groups is 1. The summed E-state index contributed by atoms with van der Waals surface area (Å²) in [6.45, 7) is 11.2. The summed E-state index contributed by atoms with van der Waals surface area (Å²) >= 11 is 1.78. The van der Waals surface area contributed by atoms with Crippen molar-refractivity contribution < 1.29 is 0 Å². The Balaban J connectivity index is 1.26. The van der Waals surface area contributed by atoms with Gasteiger partial charge in [-0.2, -0.15) is 0 Å². The number of nitrogens with zero attached hydrogens (tertiary/aromatic N) is 3. The van der Waals surface area contributed by atoms with E-state index in [4.69, 9.17) is 15.0 Å². The zero-order chi connectivity index (χ0) is 29.7. The van der Waals surface area contributed by atoms with Crippen LogP contribution in [0.1, 0.15) is 68.9 Å². The van der Waals surface area contributed by atoms with Crippen molar-refractivity contribution in [2.45, 2.75) is 58.4 Å². The normalized spacial score (nSPS) is 16.6. The molecule has 2 aliphatic rings. The van der Waals surface area contributed by atoms with Crippen LogP contribution in [-0.2, 0) is 5.41 Å². The molecule has 4 aromatic heterocycles. The van der Waals surface area contributed by atoms with Crippen molar-refractivity contribution in [2.24, 2.45) is 4.99 Å². The van der Waals surface area contributed by atoms with Crippen molar-refractivity contribution in [3.8, 4) is 21.7 Å². The average Bonchev–Trinajstić information content (AvgIpc) is 3.82. The first kappa shape index (κ1) is 27.3. The Hall–Kier alpha value is -4.49. The third-order valence-corrected chi connectivity index (χ3v) is 10.00. The molecule has 1 aromatic carbocycles. The number of aromatic nitrogens is 4. The first-order valence-corrected chi connectivity index (χ1v) is 15.8. The molecule has 7 rings (SSSR count). The van der Waals surface area contributed by atoms with Crippen LogP contribution in [-0.4, -0.2) is 31.7 Å². The van der Waals surface area contributed by atoms with Crippen LogP contribution in [0.4, 0.5) is 0 Å². The Morgan fingerprint density at radius 3 is 2.35 bits per heavy atom. The molecule has 5 heterocycles. The number of allylic oxidation sites excluding steroid dienone is 2. The summed E-state index contributed by atoms with van der Waals surface area (Å²) in [7, 11) is 0. The molecule has 1 aliphatic heterocycles. The van der Waals surface area contributed by atoms with E-state index in [0.717, 1.165) is 56.1 Å². The molecule has 0 saturated heterocycles. The Bertz CT molecular complexity index is 1960. The molecule has 0 spiro atoms. The molecule has 216 valence electrons. The monoisotopic (exact) mass is 584 g/mol. The fourth-order valence-corrected chi connectivity index (χ4v) is 6.92. The quantitative estimate of drug-likeness (QED) is 0.179. The standard InChI is InChI=1S/C36H36N6S/c1-6-36(4,5)31-16-13-28(42-31)23-8-10-25(35-33(23)38-18-20-40-35)30-15-14-29(43-30)24-9-7-22(32-34(24)39-19-17-37-32)27-12-11-26(41-27)21(2)3/h7-21,35,40-42H,6H2,1-5H3. The van der Waals surface area contributed by atoms with Gasteiger partial charge in [-0.15, -0.1) is 11.3 Å². The summed E-state index contributed by atoms with van der Waals surface area (Å²) in [5.41, 5.74) is 12.1. The van der Waals surface area contributed by atoms with E-state index in [-0.39, 0.29) is 11.5 Å². The lowest BCUT2D eigenvalue weighted by molar-refractivity contribution is 0.493. The number of benzene rings is 1. The predicted octanol–water partition coefficient (Wildman–Crippen LogP) is 8.86. The van der Waals surface area contributed by atoms with E-state index in [1.807, 2.05) is 12.4 Å². The zero-order valence-corrected chi connectivity index (χ0v) is 26.0. The largest absolute Gasteiger partial charge is 0.377 e. The molecule has 0 fully saturated rings. The Kier molecular flexibility index (Phi) is 6.78. The number of aromatic amines is 2. The van der Waals surface area contributed by atoms with Crippen LogP contribution in [0.2, 0.25) is 0 Å². The van der Waals surface area contributed by atoms with Crippen molar-refractivity contribution in [2.75, 3.05) is 0 Å². The van der Waals surface area contributed by atoms with Gasteiger partial charge < -0.3 is 15.3 Å². The molecule has 3 N–H and O–H groups in total. The van der Waals surface area contributed by atoms with Gasteiger partial charge in [-0.1, -0.05) is 52.8 Å². The first-order valence-electron chi connectivity index (χ1n) is 15.0. The molecular weight excluding hydrogens is 549 g/mol. The average molecular weight is 585 g/mol. The molecule has 1 aliphatic carbocycles. The second-order valence-corrected chi connectivity index (χ2v) is 13.3. The summed E-state index contributed by atoms with van der Waals surface area (Å²) in [5.74, 6) is 0.433. The zero-order valence-electron chi connectivity index (χ0n) is 25.2. The topological polar surface area (TPSA) is 81.8 Å². The van der Waals surface area contributed by atoms with Crippen molar-refractivity contribution in [3.63, 3.8) is 0 Å². The lowest BCUT2D eigenvalue weighted by Crippen LogP contribution is -2.38. The maximum atomic E-state index is 4.86. The first-order chi connectivity index (χ1) is 20.8. The maximum absolute atomic E-state index is 4.86. The SMILES string of the molecule is CCC(C)(C)c1ccc(C2=CC=C(c3ccc(-c4ccc(-c5ccc(C(C)C)[nH]5)c5nccnc45)s3)C3NC=CN=C23)[nH]1. The van der Waals surface area contributed by atoms with Gasteiger partial charge in [0.1, 0.15) is 0 Å². The number of hydrogen-bond acceptors (Lipinski definition) is 5. The fraction of sp³-hybridized carbons (Fsp3) is 0.250. The van der Waals surface area contributed by atoms with Gasteiger partial charge in [0.25, 0.3) is 0 Å². The molecule has 5 aromatic rings. The minimum Gasteiger partial charge on any atom is -0.377 e. The van der Waals surface area contributed by atoms with E-state index in [1.165, 1.54) is 21.8 Å². The van der Waals surface area contributed by atoms with E-state index in [1.54, 1.807) is 23.7 Å². The Labute approximate surface area is 256 Å². The van der Waals surface area contributed by atoms with Crippen molar-refractivity contribution >= 4 is 39.2 Å². The molecule has 6 nitrogen and oxygen atoms in total. The molecule has 0 bridgehead atoms. The molecular formula is C36H36N6S. The molecule has 7 heteroatoms. The second-order valence-electron chi connectivity index (χ2n) is 12.2. The molecule has 1 unspecified atom stereocenters. The van der Waals surface area contributed by atoms with Gasteiger partial charge in [-0.3, -0.25) is 15.0 Å². The highest BCUT2D eigenvalue weighted by molar-refractivity contribution is 7.16. The minimum absolute atomic E-state index is 0.0237. The van der Waals surface area contributed by atoms with Gasteiger partial charge in [0.05, 0.1) is 22.8 Å². The summed E-state index contributed by atoms with van der Waals surface area (Å²) < 4.78 is 0. The fourth-order valence-electron chi connectivity index (χ4n) is 5.83. The van der Waals surface area contributed by atoms with Crippen LogP contribution < -0.4 is 5.32 Å². The molecule has 0 saturated carbocycles. The van der Waals surface area contributed by atoms with Gasteiger partial charge in [-0.05, 0) is 60.4 Å². The van der Waals surface area contributed by atoms with Gasteiger partial charge in [0, 0.05) is 79.4 Å². The van der Waals surface area contributed by atoms with Gasteiger partial charge in [0.2, 0.25) is 0 Å². The van der Waals surface area contributed by atoms with Crippen LogP contribution in [0.3, 0.4) is 0 Å². The van der Waals surface area contributed by atoms with Crippen LogP contribution in [0.15, 0.2) is 90.5 Å². The van der Waals surface area contributed by atoms with E-state index in [0.29, 0.717) is 5.92 Å². The van der Waals surface area contributed by atoms with Gasteiger partial charge in [0.15, 0.2) is 0 Å². The summed E-state index contributed by atoms with van der Waals surface area (Å²) in [4.78, 5) is 24.1. The summed E-state index contributed by atoms with van der Waals surface area (Å²) in [6.07, 6.45) is 12.9. The third-order valence-electron chi connectivity index (χ3n) is 8.83. The molecule has 1 atom stereocenters. The Morgan fingerprint density at radius 1 is 0.837 bits per heavy atom. The lowest BCUT2D eigenvalue weighted by atomic mass is 9.87. The second kappa shape index (κ2) is 10.7. The number of nitrogens with one attached hydrogen (secondary N) is 3. The number of hydrogen-bond donors (Lipinski definition) is 3. The van der Waals surface area contributed by atoms with Crippen LogP contribution in [0, 0.1) is 0 Å². The molecule has 43 heavy (non-hydrogen) atoms. The highest BCUT2D eigenvalue weighted by Gasteiger charge is 2.31. The van der Waals surface area contributed by atoms with E-state index in [9.17, 15) is 0 Å². The number of rotatable bonds is 7. The highest BCUT2D eigenvalue weighted by atomic mass is 32.1. The van der Waals surface area contributed by atoms with Crippen molar-refractivity contribution in [1.29, 1.82) is 0 Å². The molecule has 0 amide bonds. The van der Waals surface area contributed by atoms with Crippen LogP contribution in [0.5, 0.6) is 0 Å². The number of H-pyrrole nitrogens is 2. The van der Waals surface area contributed by atoms with E-state index >= 15 is 0 Å². The number of fused-ring (bicyclic) bond motifs is 2. The summed E-state index contributed by atoms with van der Waals surface area (Å²) in [5, 5.41) is 3.58. The summed E-state index contributed by atoms with van der Waals surface area (Å²) in [6, 6.07) is 17.4. The maximum Gasteiger partial charge on any atom is 0.0986 e. The Morgan fingerprint density at radius 2 is 1.58 bits per heavy atom. The van der Waals surface area contributed by atoms with E-state index in [2.05, 4.69) is 111 Å². The smallest absolute Gasteiger partial charge is 0.0986 e. The highest BCUT2D eigenvalue weighted by Crippen LogP contribution is 2.41. The van der Waals surface area contributed by atoms with Gasteiger partial charge >= 0.3 is 0 Å². The van der Waals surface area contributed by atoms with Crippen molar-refractivity contribution in [1.82, 2.24) is 25.3 Å². The van der Waals surface area contributed by atoms with Crippen LogP contribution in [0.25, 0.3) is 43.9 Å².